The Morgan fingerprint density at radius 2 is 1.50 bits per heavy atom. The summed E-state index contributed by atoms with van der Waals surface area (Å²) in [5.74, 6) is 0.717. The molecule has 1 heterocycles. The molecule has 0 unspecified atom stereocenters. The van der Waals surface area contributed by atoms with Crippen LogP contribution in [0.25, 0.3) is 0 Å². The molecule has 1 aliphatic rings. The van der Waals surface area contributed by atoms with Crippen LogP contribution >= 0.6 is 11.8 Å². The standard InChI is InChI=1S/C32H33N3O3S2/c1-25-10-16-31(17-11-25)40(37,38)35-20-18-34(19-21-35)23-27-6-5-7-28(22-27)32(36)33-29-14-12-26(13-15-29)24-39-30-8-3-2-4-9-30/h2-17,22H,18-21,23-24H2,1H3,(H,33,36). The number of carbonyl (C=O) groups is 1. The molecule has 1 N–H and O–H groups in total. The number of nitrogens with one attached hydrogen (secondary N) is 1. The second-order valence-corrected chi connectivity index (χ2v) is 12.9. The molecule has 40 heavy (non-hydrogen) atoms. The van der Waals surface area contributed by atoms with E-state index in [0.29, 0.717) is 43.2 Å². The zero-order valence-electron chi connectivity index (χ0n) is 22.5. The number of carbonyl (C=O) groups excluding carboxylic acids is 1. The monoisotopic (exact) mass is 571 g/mol. The Kier molecular flexibility index (Phi) is 9.01. The molecule has 0 spiro atoms. The van der Waals surface area contributed by atoms with Gasteiger partial charge in [-0.05, 0) is 66.6 Å². The number of anilines is 1. The van der Waals surface area contributed by atoms with Crippen molar-refractivity contribution in [3.63, 3.8) is 0 Å². The molecule has 0 radical (unpaired) electrons. The van der Waals surface area contributed by atoms with Gasteiger partial charge >= 0.3 is 0 Å². The van der Waals surface area contributed by atoms with Crippen molar-refractivity contribution in [2.45, 2.75) is 29.0 Å². The van der Waals surface area contributed by atoms with Gasteiger partial charge < -0.3 is 5.32 Å². The molecule has 8 heteroatoms. The summed E-state index contributed by atoms with van der Waals surface area (Å²) in [6.45, 7) is 4.76. The van der Waals surface area contributed by atoms with Crippen molar-refractivity contribution < 1.29 is 13.2 Å². The smallest absolute Gasteiger partial charge is 0.255 e. The Bertz CT molecular complexity index is 1530. The Morgan fingerprint density at radius 1 is 0.800 bits per heavy atom. The van der Waals surface area contributed by atoms with Crippen molar-refractivity contribution in [2.75, 3.05) is 31.5 Å². The second kappa shape index (κ2) is 12.8. The predicted octanol–water partition coefficient (Wildman–Crippen LogP) is 6.05. The van der Waals surface area contributed by atoms with Gasteiger partial charge in [-0.2, -0.15) is 4.31 Å². The quantitative estimate of drug-likeness (QED) is 0.248. The molecule has 0 bridgehead atoms. The fourth-order valence-corrected chi connectivity index (χ4v) is 6.92. The highest BCUT2D eigenvalue weighted by atomic mass is 32.2. The summed E-state index contributed by atoms with van der Waals surface area (Å²) >= 11 is 1.78. The molecule has 0 saturated carbocycles. The fraction of sp³-hybridized carbons (Fsp3) is 0.219. The lowest BCUT2D eigenvalue weighted by Crippen LogP contribution is -2.48. The Morgan fingerprint density at radius 3 is 2.20 bits per heavy atom. The van der Waals surface area contributed by atoms with E-state index < -0.39 is 10.0 Å². The van der Waals surface area contributed by atoms with Crippen LogP contribution in [-0.2, 0) is 22.3 Å². The molecule has 4 aromatic carbocycles. The summed E-state index contributed by atoms with van der Waals surface area (Å²) in [5.41, 5.74) is 4.61. The Balaban J connectivity index is 1.13. The number of aryl methyl sites for hydroxylation is 1. The molecule has 0 atom stereocenters. The topological polar surface area (TPSA) is 69.7 Å². The third-order valence-corrected chi connectivity index (χ3v) is 9.94. The van der Waals surface area contributed by atoms with E-state index in [-0.39, 0.29) is 5.91 Å². The van der Waals surface area contributed by atoms with Gasteiger partial charge in [0.05, 0.1) is 4.90 Å². The van der Waals surface area contributed by atoms with E-state index in [9.17, 15) is 13.2 Å². The van der Waals surface area contributed by atoms with Crippen LogP contribution in [-0.4, -0.2) is 49.7 Å². The van der Waals surface area contributed by atoms with Crippen molar-refractivity contribution in [1.82, 2.24) is 9.21 Å². The number of sulfonamides is 1. The van der Waals surface area contributed by atoms with Crippen LogP contribution in [0.1, 0.15) is 27.0 Å². The van der Waals surface area contributed by atoms with Crippen LogP contribution in [0.5, 0.6) is 0 Å². The van der Waals surface area contributed by atoms with E-state index in [4.69, 9.17) is 0 Å². The number of nitrogens with zero attached hydrogens (tertiary/aromatic N) is 2. The fourth-order valence-electron chi connectivity index (χ4n) is 4.63. The molecule has 1 amide bonds. The first kappa shape index (κ1) is 28.1. The minimum absolute atomic E-state index is 0.151. The largest absolute Gasteiger partial charge is 0.322 e. The van der Waals surface area contributed by atoms with Gasteiger partial charge in [0.1, 0.15) is 0 Å². The van der Waals surface area contributed by atoms with Crippen molar-refractivity contribution in [2.24, 2.45) is 0 Å². The van der Waals surface area contributed by atoms with Gasteiger partial charge in [-0.25, -0.2) is 8.42 Å². The number of amides is 1. The normalized spacial score (nSPS) is 14.6. The summed E-state index contributed by atoms with van der Waals surface area (Å²) in [6, 6.07) is 32.9. The minimum Gasteiger partial charge on any atom is -0.322 e. The molecule has 4 aromatic rings. The number of hydrogen-bond donors (Lipinski definition) is 1. The maximum Gasteiger partial charge on any atom is 0.255 e. The van der Waals surface area contributed by atoms with Crippen LogP contribution in [0.2, 0.25) is 0 Å². The van der Waals surface area contributed by atoms with E-state index in [1.165, 1.54) is 10.5 Å². The molecule has 206 valence electrons. The third kappa shape index (κ3) is 7.20. The lowest BCUT2D eigenvalue weighted by molar-refractivity contribution is 0.102. The van der Waals surface area contributed by atoms with E-state index in [2.05, 4.69) is 22.3 Å². The van der Waals surface area contributed by atoms with Crippen LogP contribution < -0.4 is 5.32 Å². The highest BCUT2D eigenvalue weighted by Gasteiger charge is 2.28. The molecular formula is C32H33N3O3S2. The SMILES string of the molecule is Cc1ccc(S(=O)(=O)N2CCN(Cc3cccc(C(=O)Nc4ccc(CSc5ccccc5)cc4)c3)CC2)cc1. The molecule has 5 rings (SSSR count). The summed E-state index contributed by atoms with van der Waals surface area (Å²) in [4.78, 5) is 16.8. The van der Waals surface area contributed by atoms with Crippen LogP contribution in [0, 0.1) is 6.92 Å². The molecule has 1 aliphatic heterocycles. The average Bonchev–Trinajstić information content (AvgIpc) is 2.98. The molecule has 1 saturated heterocycles. The summed E-state index contributed by atoms with van der Waals surface area (Å²) in [6.07, 6.45) is 0. The molecule has 6 nitrogen and oxygen atoms in total. The summed E-state index contributed by atoms with van der Waals surface area (Å²) in [7, 11) is -3.49. The Hall–Kier alpha value is -3.43. The minimum atomic E-state index is -3.49. The van der Waals surface area contributed by atoms with E-state index in [1.54, 1.807) is 28.2 Å². The number of piperazine rings is 1. The van der Waals surface area contributed by atoms with Crippen LogP contribution in [0.3, 0.4) is 0 Å². The number of rotatable bonds is 9. The first-order chi connectivity index (χ1) is 19.4. The van der Waals surface area contributed by atoms with E-state index in [0.717, 1.165) is 22.6 Å². The number of benzene rings is 4. The lowest BCUT2D eigenvalue weighted by Gasteiger charge is -2.34. The highest BCUT2D eigenvalue weighted by molar-refractivity contribution is 7.98. The molecule has 0 aromatic heterocycles. The van der Waals surface area contributed by atoms with Gasteiger partial charge in [-0.15, -0.1) is 11.8 Å². The molecule has 0 aliphatic carbocycles. The van der Waals surface area contributed by atoms with Gasteiger partial charge in [-0.1, -0.05) is 60.2 Å². The maximum atomic E-state index is 13.0. The number of thioether (sulfide) groups is 1. The van der Waals surface area contributed by atoms with E-state index in [1.807, 2.05) is 85.8 Å². The van der Waals surface area contributed by atoms with Crippen molar-refractivity contribution in [3.05, 3.63) is 125 Å². The molecule has 1 fully saturated rings. The van der Waals surface area contributed by atoms with Crippen LogP contribution in [0.15, 0.2) is 113 Å². The van der Waals surface area contributed by atoms with Gasteiger partial charge in [0, 0.05) is 54.6 Å². The number of hydrogen-bond acceptors (Lipinski definition) is 5. The van der Waals surface area contributed by atoms with Crippen LogP contribution in [0.4, 0.5) is 5.69 Å². The van der Waals surface area contributed by atoms with E-state index >= 15 is 0 Å². The molecular weight excluding hydrogens is 539 g/mol. The summed E-state index contributed by atoms with van der Waals surface area (Å²) in [5, 5.41) is 3.00. The van der Waals surface area contributed by atoms with Crippen molar-refractivity contribution in [1.29, 1.82) is 0 Å². The first-order valence-electron chi connectivity index (χ1n) is 13.3. The van der Waals surface area contributed by atoms with Crippen molar-refractivity contribution in [3.8, 4) is 0 Å². The second-order valence-electron chi connectivity index (χ2n) is 9.95. The summed E-state index contributed by atoms with van der Waals surface area (Å²) < 4.78 is 27.6. The Labute approximate surface area is 241 Å². The van der Waals surface area contributed by atoms with Gasteiger partial charge in [0.15, 0.2) is 0 Å². The van der Waals surface area contributed by atoms with Gasteiger partial charge in [-0.3, -0.25) is 9.69 Å². The zero-order valence-corrected chi connectivity index (χ0v) is 24.1. The first-order valence-corrected chi connectivity index (χ1v) is 15.8. The predicted molar refractivity (Wildman–Crippen MR) is 162 cm³/mol. The highest BCUT2D eigenvalue weighted by Crippen LogP contribution is 2.24. The average molecular weight is 572 g/mol. The van der Waals surface area contributed by atoms with Crippen molar-refractivity contribution >= 4 is 33.4 Å². The zero-order chi connectivity index (χ0) is 28.0. The lowest BCUT2D eigenvalue weighted by atomic mass is 10.1. The third-order valence-electron chi connectivity index (χ3n) is 6.95. The van der Waals surface area contributed by atoms with Gasteiger partial charge in [0.25, 0.3) is 5.91 Å². The van der Waals surface area contributed by atoms with Gasteiger partial charge in [0.2, 0.25) is 10.0 Å². The maximum absolute atomic E-state index is 13.0.